The van der Waals surface area contributed by atoms with Gasteiger partial charge in [0, 0.05) is 12.7 Å². The van der Waals surface area contributed by atoms with Crippen molar-refractivity contribution in [1.29, 1.82) is 0 Å². The zero-order valence-corrected chi connectivity index (χ0v) is 9.54. The molecule has 94 valence electrons. The number of carboxylic acid groups (broad SMARTS) is 1. The van der Waals surface area contributed by atoms with E-state index in [0.29, 0.717) is 6.54 Å². The number of hydrogen-bond donors (Lipinski definition) is 3. The first-order chi connectivity index (χ1) is 8.47. The molecule has 6 nitrogen and oxygen atoms in total. The van der Waals surface area contributed by atoms with E-state index in [1.807, 2.05) is 0 Å². The van der Waals surface area contributed by atoms with Gasteiger partial charge in [-0.2, -0.15) is 0 Å². The number of nitrogens with zero attached hydrogens (tertiary/aromatic N) is 1. The monoisotopic (exact) mass is 249 g/mol. The molecule has 0 amide bonds. The first-order valence-electron chi connectivity index (χ1n) is 5.28. The highest BCUT2D eigenvalue weighted by Gasteiger charge is 2.18. The molecule has 1 aromatic heterocycles. The van der Waals surface area contributed by atoms with Gasteiger partial charge in [0.05, 0.1) is 10.9 Å². The minimum Gasteiger partial charge on any atom is -0.507 e. The molecule has 0 aliphatic carbocycles. The molecule has 0 aliphatic heterocycles. The summed E-state index contributed by atoms with van der Waals surface area (Å²) in [6.07, 6.45) is 1.16. The zero-order valence-electron chi connectivity index (χ0n) is 9.54. The van der Waals surface area contributed by atoms with Crippen LogP contribution in [0.3, 0.4) is 0 Å². The third kappa shape index (κ3) is 1.58. The molecular weight excluding hydrogens is 238 g/mol. The van der Waals surface area contributed by atoms with Crippen molar-refractivity contribution >= 4 is 16.9 Å². The SMILES string of the molecule is CCn1cc(C(=O)O)c(=O)c2c(O)ccc(O)c21. The Kier molecular flexibility index (Phi) is 2.70. The van der Waals surface area contributed by atoms with Gasteiger partial charge in [-0.15, -0.1) is 0 Å². The topological polar surface area (TPSA) is 99.8 Å². The van der Waals surface area contributed by atoms with Gasteiger partial charge >= 0.3 is 5.97 Å². The molecule has 18 heavy (non-hydrogen) atoms. The molecule has 6 heteroatoms. The normalized spacial score (nSPS) is 10.7. The number of phenolic OH excluding ortho intramolecular Hbond substituents is 2. The first-order valence-corrected chi connectivity index (χ1v) is 5.28. The maximum absolute atomic E-state index is 11.9. The summed E-state index contributed by atoms with van der Waals surface area (Å²) in [5.74, 6) is -1.90. The molecule has 2 aromatic rings. The molecular formula is C12H11NO5. The van der Waals surface area contributed by atoms with Crippen LogP contribution in [0.1, 0.15) is 17.3 Å². The fraction of sp³-hybridized carbons (Fsp3) is 0.167. The van der Waals surface area contributed by atoms with Crippen molar-refractivity contribution in [3.05, 3.63) is 34.1 Å². The third-order valence-corrected chi connectivity index (χ3v) is 2.75. The zero-order chi connectivity index (χ0) is 13.4. The van der Waals surface area contributed by atoms with Gasteiger partial charge in [-0.25, -0.2) is 4.79 Å². The number of aromatic hydroxyl groups is 2. The average Bonchev–Trinajstić information content (AvgIpc) is 2.33. The van der Waals surface area contributed by atoms with E-state index in [9.17, 15) is 19.8 Å². The second-order valence-electron chi connectivity index (χ2n) is 3.79. The molecule has 2 rings (SSSR count). The van der Waals surface area contributed by atoms with E-state index in [1.165, 1.54) is 10.6 Å². The Morgan fingerprint density at radius 1 is 1.28 bits per heavy atom. The predicted octanol–water partition coefficient (Wildman–Crippen LogP) is 1.13. The van der Waals surface area contributed by atoms with Crippen LogP contribution < -0.4 is 5.43 Å². The van der Waals surface area contributed by atoms with Crippen molar-refractivity contribution in [3.8, 4) is 11.5 Å². The second kappa shape index (κ2) is 4.06. The molecule has 0 atom stereocenters. The van der Waals surface area contributed by atoms with Gasteiger partial charge in [0.1, 0.15) is 17.1 Å². The van der Waals surface area contributed by atoms with E-state index in [4.69, 9.17) is 5.11 Å². The summed E-state index contributed by atoms with van der Waals surface area (Å²) in [5, 5.41) is 28.2. The van der Waals surface area contributed by atoms with E-state index in [2.05, 4.69) is 0 Å². The summed E-state index contributed by atoms with van der Waals surface area (Å²) in [4.78, 5) is 22.9. The molecule has 1 heterocycles. The van der Waals surface area contributed by atoms with Crippen LogP contribution in [0.5, 0.6) is 11.5 Å². The third-order valence-electron chi connectivity index (χ3n) is 2.75. The number of carbonyl (C=O) groups is 1. The van der Waals surface area contributed by atoms with Crippen LogP contribution in [-0.4, -0.2) is 25.9 Å². The van der Waals surface area contributed by atoms with Gasteiger partial charge in [0.25, 0.3) is 0 Å². The Morgan fingerprint density at radius 2 is 1.89 bits per heavy atom. The number of fused-ring (bicyclic) bond motifs is 1. The molecule has 0 saturated carbocycles. The average molecular weight is 249 g/mol. The van der Waals surface area contributed by atoms with Crippen LogP contribution in [0.2, 0.25) is 0 Å². The number of aromatic carboxylic acids is 1. The van der Waals surface area contributed by atoms with Gasteiger partial charge in [-0.3, -0.25) is 4.79 Å². The van der Waals surface area contributed by atoms with Crippen LogP contribution in [0.15, 0.2) is 23.1 Å². The highest BCUT2D eigenvalue weighted by Crippen LogP contribution is 2.29. The summed E-state index contributed by atoms with van der Waals surface area (Å²) in [5.41, 5.74) is -1.12. The Hall–Kier alpha value is -2.50. The molecule has 0 bridgehead atoms. The largest absolute Gasteiger partial charge is 0.507 e. The standard InChI is InChI=1S/C12H11NO5/c1-2-13-5-6(12(17)18)11(16)9-7(14)3-4-8(15)10(9)13/h3-5,14-15H,2H2,1H3,(H,17,18). The number of carboxylic acids is 1. The van der Waals surface area contributed by atoms with Gasteiger partial charge in [-0.1, -0.05) is 0 Å². The van der Waals surface area contributed by atoms with Crippen molar-refractivity contribution < 1.29 is 20.1 Å². The highest BCUT2D eigenvalue weighted by molar-refractivity contribution is 5.96. The number of aryl methyl sites for hydroxylation is 1. The summed E-state index contributed by atoms with van der Waals surface area (Å²) >= 11 is 0. The van der Waals surface area contributed by atoms with E-state index in [0.717, 1.165) is 12.3 Å². The van der Waals surface area contributed by atoms with Crippen LogP contribution >= 0.6 is 0 Å². The lowest BCUT2D eigenvalue weighted by atomic mass is 10.1. The molecule has 0 spiro atoms. The number of hydrogen-bond acceptors (Lipinski definition) is 4. The lowest BCUT2D eigenvalue weighted by molar-refractivity contribution is 0.0695. The lowest BCUT2D eigenvalue weighted by Crippen LogP contribution is -2.18. The summed E-state index contributed by atoms with van der Waals surface area (Å²) in [6.45, 7) is 2.09. The molecule has 0 aliphatic rings. The summed E-state index contributed by atoms with van der Waals surface area (Å²) < 4.78 is 1.41. The number of pyridine rings is 1. The molecule has 0 unspecified atom stereocenters. The Balaban J connectivity index is 3.08. The molecule has 1 aromatic carbocycles. The Morgan fingerprint density at radius 3 is 2.44 bits per heavy atom. The number of aromatic nitrogens is 1. The molecule has 0 saturated heterocycles. The molecule has 0 radical (unpaired) electrons. The second-order valence-corrected chi connectivity index (χ2v) is 3.79. The van der Waals surface area contributed by atoms with E-state index < -0.39 is 17.0 Å². The van der Waals surface area contributed by atoms with Crippen molar-refractivity contribution in [2.45, 2.75) is 13.5 Å². The minimum atomic E-state index is -1.37. The summed E-state index contributed by atoms with van der Waals surface area (Å²) in [6, 6.07) is 2.41. The number of phenols is 2. The fourth-order valence-electron chi connectivity index (χ4n) is 1.90. The quantitative estimate of drug-likeness (QED) is 0.693. The van der Waals surface area contributed by atoms with Gasteiger partial charge < -0.3 is 19.9 Å². The maximum atomic E-state index is 11.9. The van der Waals surface area contributed by atoms with E-state index in [-0.39, 0.29) is 22.4 Å². The van der Waals surface area contributed by atoms with Crippen LogP contribution in [0.25, 0.3) is 10.9 Å². The predicted molar refractivity (Wildman–Crippen MR) is 64.2 cm³/mol. The Bertz CT molecular complexity index is 702. The molecule has 0 fully saturated rings. The number of rotatable bonds is 2. The highest BCUT2D eigenvalue weighted by atomic mass is 16.4. The van der Waals surface area contributed by atoms with Gasteiger partial charge in [-0.05, 0) is 19.1 Å². The van der Waals surface area contributed by atoms with Crippen molar-refractivity contribution in [2.24, 2.45) is 0 Å². The van der Waals surface area contributed by atoms with Crippen LogP contribution in [0, 0.1) is 0 Å². The van der Waals surface area contributed by atoms with Gasteiger partial charge in [0.2, 0.25) is 5.43 Å². The molecule has 3 N–H and O–H groups in total. The maximum Gasteiger partial charge on any atom is 0.341 e. The van der Waals surface area contributed by atoms with Crippen molar-refractivity contribution in [1.82, 2.24) is 4.57 Å². The van der Waals surface area contributed by atoms with E-state index in [1.54, 1.807) is 6.92 Å². The lowest BCUT2D eigenvalue weighted by Gasteiger charge is -2.12. The van der Waals surface area contributed by atoms with Crippen LogP contribution in [-0.2, 0) is 6.54 Å². The fourth-order valence-corrected chi connectivity index (χ4v) is 1.90. The smallest absolute Gasteiger partial charge is 0.341 e. The minimum absolute atomic E-state index is 0.132. The summed E-state index contributed by atoms with van der Waals surface area (Å²) in [7, 11) is 0. The van der Waals surface area contributed by atoms with Gasteiger partial charge in [0.15, 0.2) is 0 Å². The van der Waals surface area contributed by atoms with Crippen LogP contribution in [0.4, 0.5) is 0 Å². The van der Waals surface area contributed by atoms with Crippen molar-refractivity contribution in [2.75, 3.05) is 0 Å². The van der Waals surface area contributed by atoms with E-state index >= 15 is 0 Å². The Labute approximate surface area is 101 Å². The first kappa shape index (κ1) is 12.0. The van der Waals surface area contributed by atoms with Crippen molar-refractivity contribution in [3.63, 3.8) is 0 Å². The number of benzene rings is 1.